The third-order valence-corrected chi connectivity index (χ3v) is 5.13. The van der Waals surface area contributed by atoms with Gasteiger partial charge in [-0.05, 0) is 29.7 Å². The second kappa shape index (κ2) is 8.82. The van der Waals surface area contributed by atoms with Crippen molar-refractivity contribution < 1.29 is 14.7 Å². The highest BCUT2D eigenvalue weighted by Crippen LogP contribution is 2.19. The van der Waals surface area contributed by atoms with Crippen LogP contribution in [-0.2, 0) is 17.9 Å². The molecule has 3 rings (SSSR count). The Kier molecular flexibility index (Phi) is 6.24. The highest BCUT2D eigenvalue weighted by Gasteiger charge is 2.31. The summed E-state index contributed by atoms with van der Waals surface area (Å²) in [6.45, 7) is 3.56. The Hall–Kier alpha value is -2.66. The van der Waals surface area contributed by atoms with Crippen LogP contribution in [0.3, 0.4) is 0 Å². The van der Waals surface area contributed by atoms with Crippen molar-refractivity contribution >= 4 is 11.8 Å². The lowest BCUT2D eigenvalue weighted by Gasteiger charge is -2.31. The van der Waals surface area contributed by atoms with E-state index in [-0.39, 0.29) is 24.5 Å². The number of aliphatic hydroxyl groups is 1. The first kappa shape index (κ1) is 19.1. The van der Waals surface area contributed by atoms with E-state index in [0.29, 0.717) is 31.6 Å². The first-order valence-electron chi connectivity index (χ1n) is 9.44. The number of nitrogens with zero attached hydrogens (tertiary/aromatic N) is 2. The Morgan fingerprint density at radius 3 is 2.41 bits per heavy atom. The fraction of sp³-hybridized carbons (Fsp3) is 0.364. The number of hydrogen-bond acceptors (Lipinski definition) is 3. The first-order valence-corrected chi connectivity index (χ1v) is 9.44. The Balaban J connectivity index is 1.76. The lowest BCUT2D eigenvalue weighted by molar-refractivity contribution is -0.133. The van der Waals surface area contributed by atoms with Gasteiger partial charge in [-0.3, -0.25) is 9.59 Å². The summed E-state index contributed by atoms with van der Waals surface area (Å²) >= 11 is 0. The smallest absolute Gasteiger partial charge is 0.253 e. The summed E-state index contributed by atoms with van der Waals surface area (Å²) in [5.74, 6) is 0.0314. The van der Waals surface area contributed by atoms with Crippen molar-refractivity contribution in [2.75, 3.05) is 13.1 Å². The minimum atomic E-state index is -0.0627. The van der Waals surface area contributed by atoms with Crippen molar-refractivity contribution in [1.29, 1.82) is 0 Å². The van der Waals surface area contributed by atoms with Crippen LogP contribution in [0.4, 0.5) is 0 Å². The summed E-state index contributed by atoms with van der Waals surface area (Å²) in [6.07, 6.45) is 1.13. The van der Waals surface area contributed by atoms with Crippen LogP contribution >= 0.6 is 0 Å². The Morgan fingerprint density at radius 1 is 1.07 bits per heavy atom. The molecule has 0 bridgehead atoms. The quantitative estimate of drug-likeness (QED) is 0.885. The zero-order chi connectivity index (χ0) is 19.2. The molecule has 0 unspecified atom stereocenters. The monoisotopic (exact) mass is 366 g/mol. The number of amides is 2. The lowest BCUT2D eigenvalue weighted by Crippen LogP contribution is -2.43. The predicted molar refractivity (Wildman–Crippen MR) is 104 cm³/mol. The molecule has 5 nitrogen and oxygen atoms in total. The zero-order valence-corrected chi connectivity index (χ0v) is 15.7. The minimum absolute atomic E-state index is 0.000807. The molecule has 142 valence electrons. The number of hydrogen-bond donors (Lipinski definition) is 1. The Bertz CT molecular complexity index is 774. The maximum atomic E-state index is 12.9. The topological polar surface area (TPSA) is 60.9 Å². The predicted octanol–water partition coefficient (Wildman–Crippen LogP) is 2.83. The van der Waals surface area contributed by atoms with Crippen molar-refractivity contribution in [3.05, 3.63) is 71.3 Å². The van der Waals surface area contributed by atoms with Crippen molar-refractivity contribution in [3.8, 4) is 0 Å². The highest BCUT2D eigenvalue weighted by molar-refractivity contribution is 5.94. The van der Waals surface area contributed by atoms with Gasteiger partial charge in [-0.15, -0.1) is 0 Å². The lowest BCUT2D eigenvalue weighted by atomic mass is 10.1. The highest BCUT2D eigenvalue weighted by atomic mass is 16.3. The van der Waals surface area contributed by atoms with Crippen LogP contribution in [-0.4, -0.2) is 45.9 Å². The van der Waals surface area contributed by atoms with Gasteiger partial charge in [0.15, 0.2) is 0 Å². The van der Waals surface area contributed by atoms with E-state index in [1.807, 2.05) is 35.2 Å². The molecule has 1 atom stereocenters. The average Bonchev–Trinajstić information content (AvgIpc) is 2.87. The van der Waals surface area contributed by atoms with Crippen LogP contribution in [0, 0.1) is 0 Å². The second-order valence-electron chi connectivity index (χ2n) is 6.93. The molecular weight excluding hydrogens is 340 g/mol. The molecule has 1 heterocycles. The molecular formula is C22H26N2O3. The second-order valence-corrected chi connectivity index (χ2v) is 6.93. The summed E-state index contributed by atoms with van der Waals surface area (Å²) < 4.78 is 0. The van der Waals surface area contributed by atoms with Gasteiger partial charge in [0.25, 0.3) is 5.91 Å². The van der Waals surface area contributed by atoms with Crippen molar-refractivity contribution in [2.45, 2.75) is 39.0 Å². The molecule has 1 fully saturated rings. The van der Waals surface area contributed by atoms with E-state index in [1.165, 1.54) is 0 Å². The average molecular weight is 366 g/mol. The van der Waals surface area contributed by atoms with Crippen LogP contribution in [0.1, 0.15) is 41.3 Å². The van der Waals surface area contributed by atoms with E-state index >= 15 is 0 Å². The third-order valence-electron chi connectivity index (χ3n) is 5.13. The molecule has 1 N–H and O–H groups in total. The third kappa shape index (κ3) is 4.55. The van der Waals surface area contributed by atoms with Crippen molar-refractivity contribution in [3.63, 3.8) is 0 Å². The molecule has 0 radical (unpaired) electrons. The molecule has 0 saturated carbocycles. The molecule has 2 amide bonds. The summed E-state index contributed by atoms with van der Waals surface area (Å²) in [5, 5.41) is 9.16. The fourth-order valence-corrected chi connectivity index (χ4v) is 3.49. The van der Waals surface area contributed by atoms with Gasteiger partial charge in [-0.2, -0.15) is 0 Å². The number of carbonyl (C=O) groups excluding carboxylic acids is 2. The van der Waals surface area contributed by atoms with E-state index in [4.69, 9.17) is 5.11 Å². The normalized spacial score (nSPS) is 17.7. The maximum Gasteiger partial charge on any atom is 0.253 e. The largest absolute Gasteiger partial charge is 0.392 e. The van der Waals surface area contributed by atoms with Gasteiger partial charge in [0.2, 0.25) is 5.91 Å². The molecule has 27 heavy (non-hydrogen) atoms. The van der Waals surface area contributed by atoms with Crippen molar-refractivity contribution in [2.24, 2.45) is 0 Å². The summed E-state index contributed by atoms with van der Waals surface area (Å²) in [5.41, 5.74) is 2.47. The fourth-order valence-electron chi connectivity index (χ4n) is 3.49. The molecule has 5 heteroatoms. The standard InChI is InChI=1S/C22H26N2O3/c1-2-20-15-23(22(27)19-10-8-18(16-25)9-11-19)13-12-21(26)24(20)14-17-6-4-3-5-7-17/h3-11,20,25H,2,12-16H2,1H3/t20-/m1/s1. The van der Waals surface area contributed by atoms with Gasteiger partial charge < -0.3 is 14.9 Å². The molecule has 1 aliphatic rings. The summed E-state index contributed by atoms with van der Waals surface area (Å²) in [4.78, 5) is 29.4. The Morgan fingerprint density at radius 2 is 1.78 bits per heavy atom. The van der Waals surface area contributed by atoms with E-state index < -0.39 is 0 Å². The zero-order valence-electron chi connectivity index (χ0n) is 15.7. The van der Waals surface area contributed by atoms with E-state index in [9.17, 15) is 9.59 Å². The van der Waals surface area contributed by atoms with Gasteiger partial charge in [-0.25, -0.2) is 0 Å². The molecule has 0 aromatic heterocycles. The van der Waals surface area contributed by atoms with Gasteiger partial charge >= 0.3 is 0 Å². The van der Waals surface area contributed by atoms with Gasteiger partial charge in [0, 0.05) is 37.7 Å². The number of carbonyl (C=O) groups is 2. The van der Waals surface area contributed by atoms with Crippen molar-refractivity contribution in [1.82, 2.24) is 9.80 Å². The van der Waals surface area contributed by atoms with E-state index in [2.05, 4.69) is 6.92 Å². The van der Waals surface area contributed by atoms with Crippen LogP contribution in [0.2, 0.25) is 0 Å². The van der Waals surface area contributed by atoms with E-state index in [1.54, 1.807) is 29.2 Å². The van der Waals surface area contributed by atoms with E-state index in [0.717, 1.165) is 17.5 Å². The van der Waals surface area contributed by atoms with Gasteiger partial charge in [0.1, 0.15) is 0 Å². The molecule has 2 aromatic rings. The molecule has 1 aliphatic heterocycles. The SMILES string of the molecule is CC[C@@H]1CN(C(=O)c2ccc(CO)cc2)CCC(=O)N1Cc1ccccc1. The van der Waals surface area contributed by atoms with Gasteiger partial charge in [-0.1, -0.05) is 49.4 Å². The van der Waals surface area contributed by atoms with Crippen LogP contribution < -0.4 is 0 Å². The number of aliphatic hydroxyl groups excluding tert-OH is 1. The first-order chi connectivity index (χ1) is 13.1. The maximum absolute atomic E-state index is 12.9. The summed E-state index contributed by atoms with van der Waals surface area (Å²) in [6, 6.07) is 17.0. The molecule has 0 spiro atoms. The minimum Gasteiger partial charge on any atom is -0.392 e. The molecule has 2 aromatic carbocycles. The number of benzene rings is 2. The van der Waals surface area contributed by atoms with Crippen LogP contribution in [0.5, 0.6) is 0 Å². The number of rotatable bonds is 5. The molecule has 1 saturated heterocycles. The van der Waals surface area contributed by atoms with Gasteiger partial charge in [0.05, 0.1) is 6.61 Å². The Labute approximate surface area is 160 Å². The summed E-state index contributed by atoms with van der Waals surface area (Å²) in [7, 11) is 0. The van der Waals surface area contributed by atoms with Crippen LogP contribution in [0.15, 0.2) is 54.6 Å². The molecule has 0 aliphatic carbocycles. The van der Waals surface area contributed by atoms with Crippen LogP contribution in [0.25, 0.3) is 0 Å².